The van der Waals surface area contributed by atoms with E-state index in [0.29, 0.717) is 32.2 Å². The van der Waals surface area contributed by atoms with Crippen LogP contribution in [0.3, 0.4) is 0 Å². The normalized spacial score (nSPS) is 22.3. The summed E-state index contributed by atoms with van der Waals surface area (Å²) in [7, 11) is -7.80. The second-order valence-electron chi connectivity index (χ2n) is 8.13. The fourth-order valence-electron chi connectivity index (χ4n) is 4.52. The van der Waals surface area contributed by atoms with Crippen LogP contribution in [0, 0.1) is 5.82 Å². The molecule has 0 spiro atoms. The van der Waals surface area contributed by atoms with Gasteiger partial charge in [0, 0.05) is 19.1 Å². The molecule has 2 heterocycles. The molecular weight excluding hydrogens is 455 g/mol. The molecule has 0 N–H and O–H groups in total. The van der Waals surface area contributed by atoms with Crippen LogP contribution in [-0.2, 0) is 24.7 Å². The molecule has 1 amide bonds. The van der Waals surface area contributed by atoms with E-state index in [1.54, 1.807) is 18.2 Å². The molecule has 0 radical (unpaired) electrons. The molecule has 32 heavy (non-hydrogen) atoms. The Labute approximate surface area is 187 Å². The summed E-state index contributed by atoms with van der Waals surface area (Å²) in [6.45, 7) is 0.492. The molecule has 2 aromatic carbocycles. The van der Waals surface area contributed by atoms with Gasteiger partial charge in [-0.3, -0.25) is 4.79 Å². The average Bonchev–Trinajstić information content (AvgIpc) is 3.44. The lowest BCUT2D eigenvalue weighted by molar-refractivity contribution is -0.135. The number of rotatable bonds is 6. The van der Waals surface area contributed by atoms with Crippen molar-refractivity contribution in [1.29, 1.82) is 0 Å². The van der Waals surface area contributed by atoms with E-state index >= 15 is 0 Å². The van der Waals surface area contributed by atoms with Gasteiger partial charge in [-0.05, 0) is 49.9 Å². The van der Waals surface area contributed by atoms with Gasteiger partial charge in [-0.25, -0.2) is 21.2 Å². The Bertz CT molecular complexity index is 1200. The number of amides is 1. The Kier molecular flexibility index (Phi) is 6.37. The largest absolute Gasteiger partial charge is 0.337 e. The molecule has 0 saturated carbocycles. The number of nitrogens with zero attached hydrogens (tertiary/aromatic N) is 2. The van der Waals surface area contributed by atoms with Crippen molar-refractivity contribution in [2.45, 2.75) is 47.6 Å². The average molecular weight is 481 g/mol. The van der Waals surface area contributed by atoms with Crippen LogP contribution in [0.15, 0.2) is 64.4 Å². The Morgan fingerprint density at radius 3 is 2.28 bits per heavy atom. The first-order chi connectivity index (χ1) is 15.2. The highest BCUT2D eigenvalue weighted by Crippen LogP contribution is 2.31. The van der Waals surface area contributed by atoms with Gasteiger partial charge in [-0.2, -0.15) is 4.31 Å². The van der Waals surface area contributed by atoms with Crippen molar-refractivity contribution in [2.24, 2.45) is 0 Å². The molecule has 2 aliphatic heterocycles. The molecule has 2 fully saturated rings. The zero-order valence-corrected chi connectivity index (χ0v) is 19.1. The standard InChI is InChI=1S/C22H25FN2O5S2/c23-19-11-4-5-13-21(19)32(29,30)25-15-7-12-20(25)22(26)24-14-6-8-17(24)16-31(27,28)18-9-2-1-3-10-18/h1-5,9-11,13,17,20H,6-8,12,14-16H2. The Morgan fingerprint density at radius 1 is 0.906 bits per heavy atom. The van der Waals surface area contributed by atoms with Crippen molar-refractivity contribution in [2.75, 3.05) is 18.8 Å². The Morgan fingerprint density at radius 2 is 1.56 bits per heavy atom. The second kappa shape index (κ2) is 8.92. The van der Waals surface area contributed by atoms with E-state index in [0.717, 1.165) is 10.4 Å². The number of sulfonamides is 1. The number of hydrogen-bond acceptors (Lipinski definition) is 5. The van der Waals surface area contributed by atoms with Crippen LogP contribution in [-0.4, -0.2) is 62.9 Å². The fraction of sp³-hybridized carbons (Fsp3) is 0.409. The van der Waals surface area contributed by atoms with Gasteiger partial charge >= 0.3 is 0 Å². The maximum atomic E-state index is 14.2. The molecule has 0 bridgehead atoms. The molecule has 2 unspecified atom stereocenters. The summed E-state index contributed by atoms with van der Waals surface area (Å²) in [4.78, 5) is 14.6. The minimum Gasteiger partial charge on any atom is -0.337 e. The lowest BCUT2D eigenvalue weighted by Crippen LogP contribution is -2.50. The number of carbonyl (C=O) groups excluding carboxylic acids is 1. The van der Waals surface area contributed by atoms with Crippen molar-refractivity contribution in [3.05, 3.63) is 60.4 Å². The highest BCUT2D eigenvalue weighted by atomic mass is 32.2. The number of hydrogen-bond donors (Lipinski definition) is 0. The third-order valence-electron chi connectivity index (χ3n) is 6.09. The van der Waals surface area contributed by atoms with Crippen molar-refractivity contribution >= 4 is 25.8 Å². The third kappa shape index (κ3) is 4.31. The molecule has 2 saturated heterocycles. The molecule has 0 aromatic heterocycles. The minimum atomic E-state index is -4.20. The molecular formula is C22H25FN2O5S2. The van der Waals surface area contributed by atoms with E-state index in [4.69, 9.17) is 0 Å². The maximum Gasteiger partial charge on any atom is 0.246 e. The first-order valence-electron chi connectivity index (χ1n) is 10.6. The van der Waals surface area contributed by atoms with E-state index in [1.807, 2.05) is 0 Å². The van der Waals surface area contributed by atoms with Gasteiger partial charge in [0.1, 0.15) is 16.8 Å². The van der Waals surface area contributed by atoms with Gasteiger partial charge < -0.3 is 4.90 Å². The number of sulfone groups is 1. The summed E-state index contributed by atoms with van der Waals surface area (Å²) in [5.41, 5.74) is 0. The number of likely N-dealkylation sites (tertiary alicyclic amines) is 1. The van der Waals surface area contributed by atoms with Crippen LogP contribution in [0.4, 0.5) is 4.39 Å². The third-order valence-corrected chi connectivity index (χ3v) is 9.84. The van der Waals surface area contributed by atoms with Crippen LogP contribution in [0.2, 0.25) is 0 Å². The monoisotopic (exact) mass is 480 g/mol. The first-order valence-corrected chi connectivity index (χ1v) is 13.7. The molecule has 10 heteroatoms. The summed E-state index contributed by atoms with van der Waals surface area (Å²) in [6, 6.07) is 11.7. The smallest absolute Gasteiger partial charge is 0.246 e. The predicted molar refractivity (Wildman–Crippen MR) is 117 cm³/mol. The molecule has 2 aliphatic rings. The predicted octanol–water partition coefficient (Wildman–Crippen LogP) is 2.44. The van der Waals surface area contributed by atoms with Crippen LogP contribution >= 0.6 is 0 Å². The minimum absolute atomic E-state index is 0.119. The molecule has 4 rings (SSSR count). The Hall–Kier alpha value is -2.30. The molecule has 172 valence electrons. The van der Waals surface area contributed by atoms with Crippen LogP contribution in [0.1, 0.15) is 25.7 Å². The lowest BCUT2D eigenvalue weighted by atomic mass is 10.2. The first kappa shape index (κ1) is 22.9. The highest BCUT2D eigenvalue weighted by molar-refractivity contribution is 7.91. The zero-order chi connectivity index (χ0) is 22.9. The molecule has 7 nitrogen and oxygen atoms in total. The van der Waals surface area contributed by atoms with Crippen molar-refractivity contribution in [3.8, 4) is 0 Å². The SMILES string of the molecule is O=C(C1CCCN1S(=O)(=O)c1ccccc1F)N1CCCC1CS(=O)(=O)c1ccccc1. The van der Waals surface area contributed by atoms with Crippen LogP contribution in [0.25, 0.3) is 0 Å². The number of carbonyl (C=O) groups is 1. The summed E-state index contributed by atoms with van der Waals surface area (Å²) in [6.07, 6.45) is 1.98. The van der Waals surface area contributed by atoms with E-state index in [-0.39, 0.29) is 17.2 Å². The lowest BCUT2D eigenvalue weighted by Gasteiger charge is -2.31. The molecule has 2 atom stereocenters. The summed E-state index contributed by atoms with van der Waals surface area (Å²) in [5, 5.41) is 0. The quantitative estimate of drug-likeness (QED) is 0.633. The zero-order valence-electron chi connectivity index (χ0n) is 17.4. The van der Waals surface area contributed by atoms with Crippen LogP contribution < -0.4 is 0 Å². The van der Waals surface area contributed by atoms with Gasteiger partial charge in [0.25, 0.3) is 0 Å². The fourth-order valence-corrected chi connectivity index (χ4v) is 7.86. The number of halogens is 1. The topological polar surface area (TPSA) is 91.8 Å². The number of benzene rings is 2. The van der Waals surface area contributed by atoms with E-state index < -0.39 is 48.6 Å². The van der Waals surface area contributed by atoms with Crippen LogP contribution in [0.5, 0.6) is 0 Å². The van der Waals surface area contributed by atoms with E-state index in [2.05, 4.69) is 0 Å². The van der Waals surface area contributed by atoms with Gasteiger partial charge in [0.05, 0.1) is 10.6 Å². The van der Waals surface area contributed by atoms with E-state index in [9.17, 15) is 26.0 Å². The van der Waals surface area contributed by atoms with Crippen molar-refractivity contribution in [1.82, 2.24) is 9.21 Å². The van der Waals surface area contributed by atoms with E-state index in [1.165, 1.54) is 35.2 Å². The van der Waals surface area contributed by atoms with Gasteiger partial charge in [-0.1, -0.05) is 30.3 Å². The van der Waals surface area contributed by atoms with Gasteiger partial charge in [0.2, 0.25) is 15.9 Å². The second-order valence-corrected chi connectivity index (χ2v) is 12.0. The summed E-state index contributed by atoms with van der Waals surface area (Å²) in [5.74, 6) is -1.48. The Balaban J connectivity index is 1.56. The van der Waals surface area contributed by atoms with Gasteiger partial charge in [-0.15, -0.1) is 0 Å². The molecule has 2 aromatic rings. The highest BCUT2D eigenvalue weighted by Gasteiger charge is 2.44. The van der Waals surface area contributed by atoms with Gasteiger partial charge in [0.15, 0.2) is 9.84 Å². The maximum absolute atomic E-state index is 14.2. The summed E-state index contributed by atoms with van der Waals surface area (Å²) >= 11 is 0. The summed E-state index contributed by atoms with van der Waals surface area (Å²) < 4.78 is 67.1. The van der Waals surface area contributed by atoms with Crippen molar-refractivity contribution < 1.29 is 26.0 Å². The molecule has 0 aliphatic carbocycles. The van der Waals surface area contributed by atoms with Crippen molar-refractivity contribution in [3.63, 3.8) is 0 Å².